The summed E-state index contributed by atoms with van der Waals surface area (Å²) >= 11 is 0. The van der Waals surface area contributed by atoms with Crippen LogP contribution in [-0.2, 0) is 16.8 Å². The Morgan fingerprint density at radius 2 is 2.06 bits per heavy atom. The van der Waals surface area contributed by atoms with Gasteiger partial charge in [0, 0.05) is 19.4 Å². The molecule has 1 aromatic heterocycles. The van der Waals surface area contributed by atoms with Crippen molar-refractivity contribution >= 4 is 5.97 Å². The van der Waals surface area contributed by atoms with Crippen LogP contribution in [0.25, 0.3) is 0 Å². The second kappa shape index (κ2) is 4.29. The molecule has 7 heteroatoms. The van der Waals surface area contributed by atoms with Crippen molar-refractivity contribution in [3.05, 3.63) is 12.2 Å². The summed E-state index contributed by atoms with van der Waals surface area (Å²) in [6.07, 6.45) is 0.226. The van der Waals surface area contributed by atoms with Gasteiger partial charge < -0.3 is 5.11 Å². The van der Waals surface area contributed by atoms with Crippen LogP contribution in [-0.4, -0.2) is 31.8 Å². The van der Waals surface area contributed by atoms with E-state index in [2.05, 4.69) is 10.1 Å². The van der Waals surface area contributed by atoms with Gasteiger partial charge in [-0.05, 0) is 19.8 Å². The molecule has 1 aliphatic carbocycles. The van der Waals surface area contributed by atoms with Crippen LogP contribution in [0.5, 0.6) is 0 Å². The average Bonchev–Trinajstić information content (AvgIpc) is 2.77. The summed E-state index contributed by atoms with van der Waals surface area (Å²) in [7, 11) is 0. The number of halogens is 2. The van der Waals surface area contributed by atoms with Gasteiger partial charge in [0.1, 0.15) is 17.6 Å². The van der Waals surface area contributed by atoms with Crippen molar-refractivity contribution in [2.24, 2.45) is 0 Å². The Bertz CT molecular complexity index is 449. The second-order valence-corrected chi connectivity index (χ2v) is 4.64. The lowest BCUT2D eigenvalue weighted by Gasteiger charge is -2.35. The zero-order chi connectivity index (χ0) is 13.4. The Balaban J connectivity index is 2.38. The van der Waals surface area contributed by atoms with E-state index in [-0.39, 0.29) is 18.7 Å². The van der Waals surface area contributed by atoms with Gasteiger partial charge in [-0.3, -0.25) is 4.79 Å². The Labute approximate surface area is 103 Å². The standard InChI is InChI=1S/C11H15F2N3O2/c1-2-16-8(14-7-15-16)10(9(17)18)3-5-11(12,13)6-4-10/h7H,2-6H2,1H3,(H,17,18). The van der Waals surface area contributed by atoms with E-state index >= 15 is 0 Å². The third-order valence-electron chi connectivity index (χ3n) is 3.59. The van der Waals surface area contributed by atoms with Crippen molar-refractivity contribution in [3.63, 3.8) is 0 Å². The van der Waals surface area contributed by atoms with Crippen LogP contribution in [0.4, 0.5) is 8.78 Å². The van der Waals surface area contributed by atoms with Crippen LogP contribution < -0.4 is 0 Å². The molecular formula is C11H15F2N3O2. The highest BCUT2D eigenvalue weighted by Gasteiger charge is 2.51. The van der Waals surface area contributed by atoms with Crippen molar-refractivity contribution in [1.82, 2.24) is 14.8 Å². The number of alkyl halides is 2. The molecule has 0 aromatic carbocycles. The zero-order valence-corrected chi connectivity index (χ0v) is 10.1. The minimum absolute atomic E-state index is 0.103. The number of hydrogen-bond donors (Lipinski definition) is 1. The molecule has 1 N–H and O–H groups in total. The summed E-state index contributed by atoms with van der Waals surface area (Å²) in [5, 5.41) is 13.4. The lowest BCUT2D eigenvalue weighted by Crippen LogP contribution is -2.44. The van der Waals surface area contributed by atoms with Crippen LogP contribution >= 0.6 is 0 Å². The third kappa shape index (κ3) is 1.97. The predicted molar refractivity (Wildman–Crippen MR) is 58.4 cm³/mol. The third-order valence-corrected chi connectivity index (χ3v) is 3.59. The van der Waals surface area contributed by atoms with Gasteiger partial charge in [0.05, 0.1) is 0 Å². The largest absolute Gasteiger partial charge is 0.480 e. The number of aromatic nitrogens is 3. The number of carboxylic acid groups (broad SMARTS) is 1. The van der Waals surface area contributed by atoms with E-state index in [0.29, 0.717) is 6.54 Å². The lowest BCUT2D eigenvalue weighted by atomic mass is 9.72. The molecule has 2 rings (SSSR count). The predicted octanol–water partition coefficient (Wildman–Crippen LogP) is 1.83. The quantitative estimate of drug-likeness (QED) is 0.899. The molecule has 0 aliphatic heterocycles. The fourth-order valence-corrected chi connectivity index (χ4v) is 2.44. The van der Waals surface area contributed by atoms with E-state index in [0.717, 1.165) is 0 Å². The minimum atomic E-state index is -2.77. The lowest BCUT2D eigenvalue weighted by molar-refractivity contribution is -0.149. The fourth-order valence-electron chi connectivity index (χ4n) is 2.44. The topological polar surface area (TPSA) is 68.0 Å². The van der Waals surface area contributed by atoms with Crippen molar-refractivity contribution in [3.8, 4) is 0 Å². The van der Waals surface area contributed by atoms with Gasteiger partial charge in [-0.15, -0.1) is 0 Å². The first-order chi connectivity index (χ1) is 8.41. The molecule has 1 aromatic rings. The molecule has 0 saturated heterocycles. The number of aryl methyl sites for hydroxylation is 1. The Hall–Kier alpha value is -1.53. The highest BCUT2D eigenvalue weighted by atomic mass is 19.3. The first-order valence-electron chi connectivity index (χ1n) is 5.91. The molecule has 0 atom stereocenters. The molecule has 1 aliphatic rings. The molecule has 0 spiro atoms. The first-order valence-corrected chi connectivity index (χ1v) is 5.91. The van der Waals surface area contributed by atoms with Gasteiger partial charge in [-0.25, -0.2) is 18.4 Å². The van der Waals surface area contributed by atoms with E-state index < -0.39 is 30.1 Å². The normalized spacial score (nSPS) is 21.7. The molecule has 1 fully saturated rings. The number of rotatable bonds is 3. The molecule has 0 amide bonds. The van der Waals surface area contributed by atoms with Crippen LogP contribution in [0.15, 0.2) is 6.33 Å². The van der Waals surface area contributed by atoms with E-state index in [1.54, 1.807) is 0 Å². The number of carbonyl (C=O) groups is 1. The van der Waals surface area contributed by atoms with Gasteiger partial charge in [0.15, 0.2) is 0 Å². The maximum atomic E-state index is 13.2. The summed E-state index contributed by atoms with van der Waals surface area (Å²) in [6, 6.07) is 0. The SMILES string of the molecule is CCn1ncnc1C1(C(=O)O)CCC(F)(F)CC1. The molecular weight excluding hydrogens is 244 g/mol. The van der Waals surface area contributed by atoms with Crippen LogP contribution in [0.3, 0.4) is 0 Å². The second-order valence-electron chi connectivity index (χ2n) is 4.64. The number of hydrogen-bond acceptors (Lipinski definition) is 3. The summed E-state index contributed by atoms with van der Waals surface area (Å²) < 4.78 is 27.9. The summed E-state index contributed by atoms with van der Waals surface area (Å²) in [6.45, 7) is 2.28. The molecule has 100 valence electrons. The van der Waals surface area contributed by atoms with Crippen LogP contribution in [0, 0.1) is 0 Å². The zero-order valence-electron chi connectivity index (χ0n) is 10.1. The van der Waals surface area contributed by atoms with Crippen LogP contribution in [0.1, 0.15) is 38.4 Å². The Morgan fingerprint density at radius 1 is 1.44 bits per heavy atom. The molecule has 5 nitrogen and oxygen atoms in total. The molecule has 1 heterocycles. The van der Waals surface area contributed by atoms with Gasteiger partial charge in [0.25, 0.3) is 0 Å². The molecule has 0 unspecified atom stereocenters. The average molecular weight is 259 g/mol. The van der Waals surface area contributed by atoms with E-state index in [1.807, 2.05) is 6.92 Å². The first kappa shape index (κ1) is 12.9. The minimum Gasteiger partial charge on any atom is -0.480 e. The highest BCUT2D eigenvalue weighted by Crippen LogP contribution is 2.44. The van der Waals surface area contributed by atoms with Crippen molar-refractivity contribution < 1.29 is 18.7 Å². The smallest absolute Gasteiger partial charge is 0.317 e. The van der Waals surface area contributed by atoms with Gasteiger partial charge in [-0.1, -0.05) is 0 Å². The van der Waals surface area contributed by atoms with E-state index in [4.69, 9.17) is 0 Å². The maximum absolute atomic E-state index is 13.2. The van der Waals surface area contributed by atoms with Gasteiger partial charge in [-0.2, -0.15) is 5.10 Å². The molecule has 0 radical (unpaired) electrons. The monoisotopic (exact) mass is 259 g/mol. The molecule has 0 bridgehead atoms. The van der Waals surface area contributed by atoms with Crippen molar-refractivity contribution in [1.29, 1.82) is 0 Å². The fraction of sp³-hybridized carbons (Fsp3) is 0.727. The van der Waals surface area contributed by atoms with Gasteiger partial charge >= 0.3 is 5.97 Å². The van der Waals surface area contributed by atoms with E-state index in [1.165, 1.54) is 11.0 Å². The number of carboxylic acids is 1. The molecule has 18 heavy (non-hydrogen) atoms. The van der Waals surface area contributed by atoms with Crippen molar-refractivity contribution in [2.75, 3.05) is 0 Å². The van der Waals surface area contributed by atoms with Crippen molar-refractivity contribution in [2.45, 2.75) is 50.5 Å². The van der Waals surface area contributed by atoms with Gasteiger partial charge in [0.2, 0.25) is 5.92 Å². The molecule has 1 saturated carbocycles. The maximum Gasteiger partial charge on any atom is 0.317 e. The number of aliphatic carboxylic acids is 1. The van der Waals surface area contributed by atoms with Crippen LogP contribution in [0.2, 0.25) is 0 Å². The van der Waals surface area contributed by atoms with E-state index in [9.17, 15) is 18.7 Å². The Kier molecular flexibility index (Phi) is 3.08. The summed E-state index contributed by atoms with van der Waals surface area (Å²) in [5.74, 6) is -3.58. The highest BCUT2D eigenvalue weighted by molar-refractivity contribution is 5.80. The Morgan fingerprint density at radius 3 is 2.56 bits per heavy atom. The summed E-state index contributed by atoms with van der Waals surface area (Å²) in [5.41, 5.74) is -1.33. The summed E-state index contributed by atoms with van der Waals surface area (Å²) in [4.78, 5) is 15.5. The number of nitrogens with zero attached hydrogens (tertiary/aromatic N) is 3.